The average molecular weight is 415 g/mol. The average Bonchev–Trinajstić information content (AvgIpc) is 3.16. The maximum atomic E-state index is 12.4. The molecule has 1 amide bonds. The highest BCUT2D eigenvalue weighted by Gasteiger charge is 2.15. The van der Waals surface area contributed by atoms with Crippen LogP contribution in [0.1, 0.15) is 29.9 Å². The number of nitrogens with zero attached hydrogens (tertiary/aromatic N) is 1. The van der Waals surface area contributed by atoms with Gasteiger partial charge in [-0.2, -0.15) is 0 Å². The number of carbonyl (C=O) groups excluding carboxylic acids is 2. The molecule has 0 spiro atoms. The monoisotopic (exact) mass is 414 g/mol. The number of rotatable bonds is 7. The van der Waals surface area contributed by atoms with E-state index in [0.29, 0.717) is 27.9 Å². The molecular weight excluding hydrogens is 396 g/mol. The first-order valence-electron chi connectivity index (χ1n) is 8.66. The lowest BCUT2D eigenvalue weighted by atomic mass is 10.1. The summed E-state index contributed by atoms with van der Waals surface area (Å²) in [7, 11) is 0. The highest BCUT2D eigenvalue weighted by atomic mass is 35.5. The van der Waals surface area contributed by atoms with Crippen molar-refractivity contribution in [1.29, 1.82) is 0 Å². The standard InChI is InChI=1S/C21H19ClN2O3S/c1-13(25)15-5-9-18(10-6-15)23-20(26)14(2)28-12-19-11-27-21(24-19)16-3-7-17(22)8-4-16/h3-11,14H,12H2,1-2H3,(H,23,26)/t14-/m0/s1. The van der Waals surface area contributed by atoms with Gasteiger partial charge in [-0.1, -0.05) is 11.6 Å². The van der Waals surface area contributed by atoms with Gasteiger partial charge in [0.1, 0.15) is 6.26 Å². The van der Waals surface area contributed by atoms with Crippen molar-refractivity contribution in [3.63, 3.8) is 0 Å². The third-order valence-corrected chi connectivity index (χ3v) is 5.48. The summed E-state index contributed by atoms with van der Waals surface area (Å²) in [6, 6.07) is 14.1. The van der Waals surface area contributed by atoms with E-state index < -0.39 is 0 Å². The SMILES string of the molecule is CC(=O)c1ccc(NC(=O)[C@H](C)SCc2coc(-c3ccc(Cl)cc3)n2)cc1. The lowest BCUT2D eigenvalue weighted by Gasteiger charge is -2.11. The highest BCUT2D eigenvalue weighted by molar-refractivity contribution is 7.99. The summed E-state index contributed by atoms with van der Waals surface area (Å²) in [5.74, 6) is 0.957. The zero-order valence-electron chi connectivity index (χ0n) is 15.4. The number of aromatic nitrogens is 1. The first kappa shape index (κ1) is 20.2. The number of halogens is 1. The number of amides is 1. The number of hydrogen-bond donors (Lipinski definition) is 1. The number of ketones is 1. The number of thioether (sulfide) groups is 1. The molecule has 1 N–H and O–H groups in total. The molecule has 0 fully saturated rings. The second kappa shape index (κ2) is 9.08. The predicted octanol–water partition coefficient (Wildman–Crippen LogP) is 5.46. The van der Waals surface area contributed by atoms with Gasteiger partial charge in [-0.05, 0) is 62.4 Å². The summed E-state index contributed by atoms with van der Waals surface area (Å²) in [6.45, 7) is 3.35. The lowest BCUT2D eigenvalue weighted by Crippen LogP contribution is -2.22. The normalized spacial score (nSPS) is 11.8. The fraction of sp³-hybridized carbons (Fsp3) is 0.190. The van der Waals surface area contributed by atoms with Crippen molar-refractivity contribution in [2.24, 2.45) is 0 Å². The lowest BCUT2D eigenvalue weighted by molar-refractivity contribution is -0.115. The third-order valence-electron chi connectivity index (χ3n) is 4.05. The molecule has 0 bridgehead atoms. The Labute approximate surface area is 172 Å². The van der Waals surface area contributed by atoms with Crippen LogP contribution in [-0.2, 0) is 10.5 Å². The molecule has 144 valence electrons. The van der Waals surface area contributed by atoms with Crippen LogP contribution in [0, 0.1) is 0 Å². The number of carbonyl (C=O) groups is 2. The highest BCUT2D eigenvalue weighted by Crippen LogP contribution is 2.24. The van der Waals surface area contributed by atoms with E-state index in [-0.39, 0.29) is 16.9 Å². The van der Waals surface area contributed by atoms with Crippen LogP contribution in [0.15, 0.2) is 59.2 Å². The van der Waals surface area contributed by atoms with E-state index in [2.05, 4.69) is 10.3 Å². The van der Waals surface area contributed by atoms with Gasteiger partial charge in [0, 0.05) is 27.6 Å². The van der Waals surface area contributed by atoms with Gasteiger partial charge in [0.2, 0.25) is 11.8 Å². The van der Waals surface area contributed by atoms with E-state index >= 15 is 0 Å². The van der Waals surface area contributed by atoms with Crippen LogP contribution in [0.25, 0.3) is 11.5 Å². The first-order valence-corrected chi connectivity index (χ1v) is 10.1. The topological polar surface area (TPSA) is 72.2 Å². The van der Waals surface area contributed by atoms with Crippen molar-refractivity contribution in [1.82, 2.24) is 4.98 Å². The van der Waals surface area contributed by atoms with Crippen LogP contribution in [0.3, 0.4) is 0 Å². The molecule has 0 saturated heterocycles. The number of anilines is 1. The first-order chi connectivity index (χ1) is 13.4. The Bertz CT molecular complexity index is 968. The van der Waals surface area contributed by atoms with Gasteiger partial charge in [-0.25, -0.2) is 4.98 Å². The second-order valence-electron chi connectivity index (χ2n) is 6.23. The van der Waals surface area contributed by atoms with Crippen molar-refractivity contribution in [2.45, 2.75) is 24.9 Å². The molecule has 1 aromatic heterocycles. The molecule has 0 unspecified atom stereocenters. The molecule has 0 aliphatic rings. The molecule has 0 radical (unpaired) electrons. The van der Waals surface area contributed by atoms with Crippen molar-refractivity contribution in [2.75, 3.05) is 5.32 Å². The Hall–Kier alpha value is -2.57. The van der Waals surface area contributed by atoms with E-state index in [1.165, 1.54) is 18.7 Å². The summed E-state index contributed by atoms with van der Waals surface area (Å²) in [5.41, 5.74) is 2.89. The molecule has 3 aromatic rings. The smallest absolute Gasteiger partial charge is 0.237 e. The zero-order chi connectivity index (χ0) is 20.1. The van der Waals surface area contributed by atoms with Gasteiger partial charge in [-0.15, -0.1) is 11.8 Å². The van der Waals surface area contributed by atoms with Crippen LogP contribution >= 0.6 is 23.4 Å². The zero-order valence-corrected chi connectivity index (χ0v) is 17.0. The number of nitrogens with one attached hydrogen (secondary N) is 1. The molecule has 5 nitrogen and oxygen atoms in total. The molecule has 0 aliphatic carbocycles. The summed E-state index contributed by atoms with van der Waals surface area (Å²) < 4.78 is 5.51. The summed E-state index contributed by atoms with van der Waals surface area (Å²) in [5, 5.41) is 3.23. The molecule has 7 heteroatoms. The van der Waals surface area contributed by atoms with E-state index in [4.69, 9.17) is 16.0 Å². The van der Waals surface area contributed by atoms with Crippen molar-refractivity contribution in [3.05, 3.63) is 71.1 Å². The quantitative estimate of drug-likeness (QED) is 0.520. The molecule has 28 heavy (non-hydrogen) atoms. The molecular formula is C21H19ClN2O3S. The molecule has 1 atom stereocenters. The van der Waals surface area contributed by atoms with E-state index in [0.717, 1.165) is 11.3 Å². The van der Waals surface area contributed by atoms with E-state index in [9.17, 15) is 9.59 Å². The van der Waals surface area contributed by atoms with Gasteiger partial charge < -0.3 is 9.73 Å². The molecule has 0 aliphatic heterocycles. The Morgan fingerprint density at radius 3 is 2.46 bits per heavy atom. The molecule has 3 rings (SSSR count). The van der Waals surface area contributed by atoms with Crippen LogP contribution in [-0.4, -0.2) is 21.9 Å². The predicted molar refractivity (Wildman–Crippen MR) is 113 cm³/mol. The fourth-order valence-corrected chi connectivity index (χ4v) is 3.31. The summed E-state index contributed by atoms with van der Waals surface area (Å²) in [4.78, 5) is 28.1. The Kier molecular flexibility index (Phi) is 6.54. The van der Waals surface area contributed by atoms with E-state index in [1.54, 1.807) is 42.7 Å². The van der Waals surface area contributed by atoms with Gasteiger partial charge in [0.25, 0.3) is 0 Å². The number of oxazole rings is 1. The molecule has 0 saturated carbocycles. The van der Waals surface area contributed by atoms with Crippen LogP contribution < -0.4 is 5.32 Å². The minimum atomic E-state index is -0.275. The van der Waals surface area contributed by atoms with Crippen molar-refractivity contribution < 1.29 is 14.0 Å². The van der Waals surface area contributed by atoms with Crippen LogP contribution in [0.4, 0.5) is 5.69 Å². The third kappa shape index (κ3) is 5.24. The number of benzene rings is 2. The van der Waals surface area contributed by atoms with Gasteiger partial charge in [0.05, 0.1) is 10.9 Å². The maximum absolute atomic E-state index is 12.4. The second-order valence-corrected chi connectivity index (χ2v) is 7.99. The maximum Gasteiger partial charge on any atom is 0.237 e. The molecule has 1 heterocycles. The van der Waals surface area contributed by atoms with Crippen molar-refractivity contribution >= 4 is 40.7 Å². The van der Waals surface area contributed by atoms with E-state index in [1.807, 2.05) is 19.1 Å². The number of hydrogen-bond acceptors (Lipinski definition) is 5. The van der Waals surface area contributed by atoms with Gasteiger partial charge in [-0.3, -0.25) is 9.59 Å². The largest absolute Gasteiger partial charge is 0.444 e. The Morgan fingerprint density at radius 2 is 1.82 bits per heavy atom. The Balaban J connectivity index is 1.53. The molecule has 2 aromatic carbocycles. The van der Waals surface area contributed by atoms with Gasteiger partial charge in [0.15, 0.2) is 5.78 Å². The summed E-state index contributed by atoms with van der Waals surface area (Å²) in [6.07, 6.45) is 1.60. The minimum Gasteiger partial charge on any atom is -0.444 e. The summed E-state index contributed by atoms with van der Waals surface area (Å²) >= 11 is 7.36. The fourth-order valence-electron chi connectivity index (χ4n) is 2.42. The van der Waals surface area contributed by atoms with Crippen LogP contribution in [0.2, 0.25) is 5.02 Å². The Morgan fingerprint density at radius 1 is 1.14 bits per heavy atom. The number of Topliss-reactive ketones (excluding diaryl/α,β-unsaturated/α-hetero) is 1. The van der Waals surface area contributed by atoms with Crippen LogP contribution in [0.5, 0.6) is 0 Å². The minimum absolute atomic E-state index is 0.00705. The van der Waals surface area contributed by atoms with Crippen molar-refractivity contribution in [3.8, 4) is 11.5 Å². The van der Waals surface area contributed by atoms with Gasteiger partial charge >= 0.3 is 0 Å².